The minimum Gasteiger partial charge on any atom is -0.479 e. The van der Waals surface area contributed by atoms with Gasteiger partial charge in [0.15, 0.2) is 6.10 Å². The van der Waals surface area contributed by atoms with E-state index in [0.29, 0.717) is 12.1 Å². The summed E-state index contributed by atoms with van der Waals surface area (Å²) in [6, 6.07) is 3.43. The average Bonchev–Trinajstić information content (AvgIpc) is 2.94. The van der Waals surface area contributed by atoms with Crippen LogP contribution in [0.15, 0.2) is 30.9 Å². The molecule has 1 atom stereocenters. The molecule has 0 bridgehead atoms. The zero-order chi connectivity index (χ0) is 14.1. The van der Waals surface area contributed by atoms with Crippen LogP contribution in [0.25, 0.3) is 5.52 Å². The topological polar surface area (TPSA) is 84.1 Å². The molecule has 0 aromatic carbocycles. The van der Waals surface area contributed by atoms with Crippen LogP contribution in [0.4, 0.5) is 0 Å². The number of pyridine rings is 1. The van der Waals surface area contributed by atoms with E-state index in [4.69, 9.17) is 9.84 Å². The van der Waals surface area contributed by atoms with Gasteiger partial charge in [-0.3, -0.25) is 4.79 Å². The van der Waals surface area contributed by atoms with Gasteiger partial charge in [0.05, 0.1) is 31.2 Å². The second-order valence-corrected chi connectivity index (χ2v) is 4.59. The summed E-state index contributed by atoms with van der Waals surface area (Å²) in [5.41, 5.74) is 1.34. The second kappa shape index (κ2) is 4.93. The summed E-state index contributed by atoms with van der Waals surface area (Å²) in [5, 5.41) is 8.95. The minimum atomic E-state index is -1.05. The number of morpholine rings is 1. The van der Waals surface area contributed by atoms with Crippen molar-refractivity contribution in [2.24, 2.45) is 0 Å². The number of carbonyl (C=O) groups is 2. The Morgan fingerprint density at radius 3 is 3.10 bits per heavy atom. The summed E-state index contributed by atoms with van der Waals surface area (Å²) < 4.78 is 6.91. The molecule has 1 amide bonds. The fourth-order valence-corrected chi connectivity index (χ4v) is 2.22. The Labute approximate surface area is 114 Å². The highest BCUT2D eigenvalue weighted by atomic mass is 16.5. The predicted molar refractivity (Wildman–Crippen MR) is 68.5 cm³/mol. The largest absolute Gasteiger partial charge is 0.479 e. The lowest BCUT2D eigenvalue weighted by Gasteiger charge is -2.30. The molecule has 2 aromatic heterocycles. The van der Waals surface area contributed by atoms with Gasteiger partial charge in [-0.25, -0.2) is 9.78 Å². The highest BCUT2D eigenvalue weighted by Crippen LogP contribution is 2.13. The number of hydrogen-bond acceptors (Lipinski definition) is 4. The molecular weight excluding hydrogens is 262 g/mol. The van der Waals surface area contributed by atoms with Crippen molar-refractivity contribution in [2.45, 2.75) is 6.10 Å². The van der Waals surface area contributed by atoms with Crippen LogP contribution in [0, 0.1) is 0 Å². The second-order valence-electron chi connectivity index (χ2n) is 4.59. The number of nitrogens with zero attached hydrogens (tertiary/aromatic N) is 3. The first-order chi connectivity index (χ1) is 9.65. The van der Waals surface area contributed by atoms with Gasteiger partial charge in [-0.05, 0) is 12.1 Å². The number of amides is 1. The van der Waals surface area contributed by atoms with Gasteiger partial charge < -0.3 is 19.1 Å². The van der Waals surface area contributed by atoms with Gasteiger partial charge >= 0.3 is 5.97 Å². The number of carbonyl (C=O) groups excluding carboxylic acids is 1. The lowest BCUT2D eigenvalue weighted by Crippen LogP contribution is -2.48. The van der Waals surface area contributed by atoms with Crippen LogP contribution in [-0.4, -0.2) is 57.1 Å². The van der Waals surface area contributed by atoms with E-state index >= 15 is 0 Å². The first-order valence-electron chi connectivity index (χ1n) is 6.20. The molecule has 20 heavy (non-hydrogen) atoms. The molecule has 2 aromatic rings. The highest BCUT2D eigenvalue weighted by molar-refractivity contribution is 5.95. The van der Waals surface area contributed by atoms with Crippen LogP contribution in [0.5, 0.6) is 0 Å². The number of rotatable bonds is 2. The third-order valence-electron chi connectivity index (χ3n) is 3.29. The van der Waals surface area contributed by atoms with E-state index in [2.05, 4.69) is 4.98 Å². The molecule has 7 heteroatoms. The van der Waals surface area contributed by atoms with Crippen molar-refractivity contribution in [3.8, 4) is 0 Å². The standard InChI is InChI=1S/C13H13N3O4/c17-12(15-3-4-20-11(7-15)13(18)19)9-1-2-16-8-14-6-10(16)5-9/h1-2,5-6,8,11H,3-4,7H2,(H,18,19). The van der Waals surface area contributed by atoms with Crippen molar-refractivity contribution in [1.82, 2.24) is 14.3 Å². The number of fused-ring (bicyclic) bond motifs is 1. The van der Waals surface area contributed by atoms with E-state index in [1.54, 1.807) is 35.3 Å². The summed E-state index contributed by atoms with van der Waals surface area (Å²) in [5.74, 6) is -1.24. The lowest BCUT2D eigenvalue weighted by molar-refractivity contribution is -0.154. The van der Waals surface area contributed by atoms with E-state index in [0.717, 1.165) is 5.52 Å². The summed E-state index contributed by atoms with van der Waals surface area (Å²) in [4.78, 5) is 28.8. The Bertz CT molecular complexity index is 666. The van der Waals surface area contributed by atoms with E-state index in [1.807, 2.05) is 0 Å². The molecule has 1 fully saturated rings. The molecule has 1 N–H and O–H groups in total. The molecule has 1 aliphatic rings. The number of carboxylic acid groups (broad SMARTS) is 1. The average molecular weight is 275 g/mol. The number of aromatic nitrogens is 2. The SMILES string of the molecule is O=C(O)C1CN(C(=O)c2ccn3cncc3c2)CCO1. The number of carboxylic acids is 1. The van der Waals surface area contributed by atoms with Crippen LogP contribution in [-0.2, 0) is 9.53 Å². The maximum atomic E-state index is 12.4. The summed E-state index contributed by atoms with van der Waals surface area (Å²) in [6.07, 6.45) is 4.12. The number of hydrogen-bond donors (Lipinski definition) is 1. The Hall–Kier alpha value is -2.41. The third-order valence-corrected chi connectivity index (χ3v) is 3.29. The van der Waals surface area contributed by atoms with Gasteiger partial charge in [-0.1, -0.05) is 0 Å². The zero-order valence-corrected chi connectivity index (χ0v) is 10.6. The molecule has 1 aliphatic heterocycles. The van der Waals surface area contributed by atoms with Gasteiger partial charge in [0.1, 0.15) is 0 Å². The van der Waals surface area contributed by atoms with Gasteiger partial charge in [0.25, 0.3) is 5.91 Å². The van der Waals surface area contributed by atoms with Gasteiger partial charge in [0.2, 0.25) is 0 Å². The van der Waals surface area contributed by atoms with Gasteiger partial charge in [-0.2, -0.15) is 0 Å². The molecule has 104 valence electrons. The molecule has 0 radical (unpaired) electrons. The molecule has 0 saturated carbocycles. The van der Waals surface area contributed by atoms with Crippen molar-refractivity contribution in [2.75, 3.05) is 19.7 Å². The Kier molecular flexibility index (Phi) is 3.11. The normalized spacial score (nSPS) is 19.2. The van der Waals surface area contributed by atoms with Crippen molar-refractivity contribution in [3.05, 3.63) is 36.4 Å². The van der Waals surface area contributed by atoms with Crippen LogP contribution in [0.2, 0.25) is 0 Å². The van der Waals surface area contributed by atoms with E-state index in [1.165, 1.54) is 4.90 Å². The Morgan fingerprint density at radius 1 is 1.45 bits per heavy atom. The fourth-order valence-electron chi connectivity index (χ4n) is 2.22. The monoisotopic (exact) mass is 275 g/mol. The molecular formula is C13H13N3O4. The number of aliphatic carboxylic acids is 1. The molecule has 0 aliphatic carbocycles. The van der Waals surface area contributed by atoms with Gasteiger partial charge in [-0.15, -0.1) is 0 Å². The first kappa shape index (κ1) is 12.6. The fraction of sp³-hybridized carbons (Fsp3) is 0.308. The first-order valence-corrected chi connectivity index (χ1v) is 6.20. The van der Waals surface area contributed by atoms with Crippen molar-refractivity contribution in [1.29, 1.82) is 0 Å². The van der Waals surface area contributed by atoms with Crippen molar-refractivity contribution < 1.29 is 19.4 Å². The van der Waals surface area contributed by atoms with Crippen LogP contribution in [0.3, 0.4) is 0 Å². The number of ether oxygens (including phenoxy) is 1. The lowest BCUT2D eigenvalue weighted by atomic mass is 10.2. The predicted octanol–water partition coefficient (Wildman–Crippen LogP) is 0.260. The number of imidazole rings is 1. The maximum absolute atomic E-state index is 12.4. The van der Waals surface area contributed by atoms with Crippen molar-refractivity contribution >= 4 is 17.4 Å². The Balaban J connectivity index is 1.82. The van der Waals surface area contributed by atoms with Gasteiger partial charge in [0, 0.05) is 18.3 Å². The smallest absolute Gasteiger partial charge is 0.334 e. The van der Waals surface area contributed by atoms with Crippen LogP contribution in [0.1, 0.15) is 10.4 Å². The van der Waals surface area contributed by atoms with E-state index in [-0.39, 0.29) is 19.1 Å². The third kappa shape index (κ3) is 2.23. The maximum Gasteiger partial charge on any atom is 0.334 e. The molecule has 3 rings (SSSR count). The molecule has 1 unspecified atom stereocenters. The highest BCUT2D eigenvalue weighted by Gasteiger charge is 2.29. The van der Waals surface area contributed by atoms with E-state index in [9.17, 15) is 9.59 Å². The molecule has 3 heterocycles. The quantitative estimate of drug-likeness (QED) is 0.850. The zero-order valence-electron chi connectivity index (χ0n) is 10.6. The Morgan fingerprint density at radius 2 is 2.30 bits per heavy atom. The molecule has 1 saturated heterocycles. The summed E-state index contributed by atoms with van der Waals surface area (Å²) >= 11 is 0. The van der Waals surface area contributed by atoms with E-state index < -0.39 is 12.1 Å². The summed E-state index contributed by atoms with van der Waals surface area (Å²) in [6.45, 7) is 0.698. The minimum absolute atomic E-state index is 0.0681. The molecule has 0 spiro atoms. The summed E-state index contributed by atoms with van der Waals surface area (Å²) in [7, 11) is 0. The van der Waals surface area contributed by atoms with Crippen molar-refractivity contribution in [3.63, 3.8) is 0 Å². The molecule has 7 nitrogen and oxygen atoms in total. The van der Waals surface area contributed by atoms with Crippen LogP contribution < -0.4 is 0 Å². The van der Waals surface area contributed by atoms with Crippen LogP contribution >= 0.6 is 0 Å².